The Hall–Kier alpha value is -0.260. The highest BCUT2D eigenvalue weighted by atomic mass is 14.1. The molecule has 0 aromatic carbocycles. The zero-order chi connectivity index (χ0) is 10.3. The molecule has 0 saturated carbocycles. The third-order valence-electron chi connectivity index (χ3n) is 3.09. The second-order valence-electron chi connectivity index (χ2n) is 4.07. The van der Waals surface area contributed by atoms with Gasteiger partial charge in [-0.3, -0.25) is 0 Å². The minimum absolute atomic E-state index is 0.798. The van der Waals surface area contributed by atoms with Gasteiger partial charge in [-0.2, -0.15) is 0 Å². The van der Waals surface area contributed by atoms with E-state index in [4.69, 9.17) is 0 Å². The van der Waals surface area contributed by atoms with Gasteiger partial charge in [0.05, 0.1) is 0 Å². The van der Waals surface area contributed by atoms with Crippen LogP contribution in [-0.2, 0) is 0 Å². The third kappa shape index (κ3) is 4.50. The summed E-state index contributed by atoms with van der Waals surface area (Å²) in [5.41, 5.74) is 3.36. The molecule has 1 atom stereocenters. The van der Waals surface area contributed by atoms with Gasteiger partial charge < -0.3 is 0 Å². The van der Waals surface area contributed by atoms with Crippen LogP contribution < -0.4 is 0 Å². The van der Waals surface area contributed by atoms with Gasteiger partial charge in [0.25, 0.3) is 0 Å². The van der Waals surface area contributed by atoms with Crippen molar-refractivity contribution in [2.75, 3.05) is 0 Å². The maximum Gasteiger partial charge on any atom is -0.0232 e. The molecule has 0 rings (SSSR count). The highest BCUT2D eigenvalue weighted by Crippen LogP contribution is 2.25. The number of hydrogen-bond donors (Lipinski definition) is 0. The summed E-state index contributed by atoms with van der Waals surface area (Å²) >= 11 is 0. The minimum atomic E-state index is 0.798. The summed E-state index contributed by atoms with van der Waals surface area (Å²) in [7, 11) is 0. The molecule has 0 aliphatic carbocycles. The van der Waals surface area contributed by atoms with Gasteiger partial charge in [-0.1, -0.05) is 45.3 Å². The average molecular weight is 182 g/mol. The van der Waals surface area contributed by atoms with Crippen LogP contribution in [0.5, 0.6) is 0 Å². The lowest BCUT2D eigenvalue weighted by molar-refractivity contribution is 0.595. The van der Waals surface area contributed by atoms with Crippen molar-refractivity contribution in [2.24, 2.45) is 5.92 Å². The second-order valence-corrected chi connectivity index (χ2v) is 4.07. The van der Waals surface area contributed by atoms with E-state index in [2.05, 4.69) is 34.6 Å². The van der Waals surface area contributed by atoms with Crippen molar-refractivity contribution < 1.29 is 0 Å². The normalized spacial score (nSPS) is 15.5. The van der Waals surface area contributed by atoms with Gasteiger partial charge in [0.1, 0.15) is 0 Å². The van der Waals surface area contributed by atoms with Crippen LogP contribution in [0, 0.1) is 5.92 Å². The first-order valence-corrected chi connectivity index (χ1v) is 5.85. The molecule has 0 N–H and O–H groups in total. The number of unbranched alkanes of at least 4 members (excludes halogenated alkanes) is 1. The van der Waals surface area contributed by atoms with Crippen molar-refractivity contribution in [3.8, 4) is 0 Å². The summed E-state index contributed by atoms with van der Waals surface area (Å²) in [5.74, 6) is 0.798. The van der Waals surface area contributed by atoms with Gasteiger partial charge in [0.15, 0.2) is 0 Å². The first-order valence-electron chi connectivity index (χ1n) is 5.85. The Kier molecular flexibility index (Phi) is 7.03. The van der Waals surface area contributed by atoms with Crippen LogP contribution in [0.1, 0.15) is 66.7 Å². The molecule has 0 aliphatic rings. The lowest BCUT2D eigenvalue weighted by atomic mass is 9.89. The number of hydrogen-bond acceptors (Lipinski definition) is 0. The fraction of sp³-hybridized carbons (Fsp3) is 0.846. The highest BCUT2D eigenvalue weighted by molar-refractivity contribution is 5.14. The van der Waals surface area contributed by atoms with Crippen molar-refractivity contribution >= 4 is 0 Å². The molecule has 0 fully saturated rings. The van der Waals surface area contributed by atoms with Crippen molar-refractivity contribution in [2.45, 2.75) is 66.7 Å². The fourth-order valence-corrected chi connectivity index (χ4v) is 1.72. The molecule has 0 radical (unpaired) electrons. The van der Waals surface area contributed by atoms with Gasteiger partial charge in [0, 0.05) is 0 Å². The molecule has 13 heavy (non-hydrogen) atoms. The van der Waals surface area contributed by atoms with E-state index >= 15 is 0 Å². The van der Waals surface area contributed by atoms with Gasteiger partial charge in [-0.25, -0.2) is 0 Å². The van der Waals surface area contributed by atoms with E-state index in [1.165, 1.54) is 32.1 Å². The van der Waals surface area contributed by atoms with Crippen LogP contribution in [0.2, 0.25) is 0 Å². The Bertz CT molecular complexity index is 153. The van der Waals surface area contributed by atoms with Crippen LogP contribution in [-0.4, -0.2) is 0 Å². The Morgan fingerprint density at radius 2 is 1.77 bits per heavy atom. The molecule has 0 aromatic heterocycles. The first kappa shape index (κ1) is 12.7. The predicted molar refractivity (Wildman–Crippen MR) is 62.0 cm³/mol. The third-order valence-corrected chi connectivity index (χ3v) is 3.09. The molecule has 0 heteroatoms. The van der Waals surface area contributed by atoms with Crippen LogP contribution in [0.15, 0.2) is 11.1 Å². The molecule has 0 heterocycles. The van der Waals surface area contributed by atoms with Gasteiger partial charge in [-0.05, 0) is 38.5 Å². The largest absolute Gasteiger partial charge is 0.0741 e. The van der Waals surface area contributed by atoms with Crippen molar-refractivity contribution in [3.05, 3.63) is 11.1 Å². The smallest absolute Gasteiger partial charge is 0.0232 e. The molecular weight excluding hydrogens is 156 g/mol. The van der Waals surface area contributed by atoms with Crippen molar-refractivity contribution in [1.82, 2.24) is 0 Å². The quantitative estimate of drug-likeness (QED) is 0.510. The summed E-state index contributed by atoms with van der Waals surface area (Å²) in [6.07, 6.45) is 6.51. The summed E-state index contributed by atoms with van der Waals surface area (Å²) in [6, 6.07) is 0. The van der Waals surface area contributed by atoms with Gasteiger partial charge in [0.2, 0.25) is 0 Å². The Balaban J connectivity index is 4.35. The van der Waals surface area contributed by atoms with Crippen molar-refractivity contribution in [3.63, 3.8) is 0 Å². The zero-order valence-corrected chi connectivity index (χ0v) is 10.1. The van der Waals surface area contributed by atoms with E-state index in [-0.39, 0.29) is 0 Å². The van der Waals surface area contributed by atoms with E-state index in [0.29, 0.717) is 0 Å². The van der Waals surface area contributed by atoms with Crippen molar-refractivity contribution in [1.29, 1.82) is 0 Å². The van der Waals surface area contributed by atoms with Crippen LogP contribution in [0.4, 0.5) is 0 Å². The Morgan fingerprint density at radius 1 is 1.15 bits per heavy atom. The molecule has 0 aromatic rings. The average Bonchev–Trinajstić information content (AvgIpc) is 2.17. The fourth-order valence-electron chi connectivity index (χ4n) is 1.72. The van der Waals surface area contributed by atoms with Gasteiger partial charge in [-0.15, -0.1) is 0 Å². The SMILES string of the molecule is CCCCC(=C(C)CC)C(C)CC. The molecule has 0 nitrogen and oxygen atoms in total. The minimum Gasteiger partial charge on any atom is -0.0741 e. The maximum atomic E-state index is 2.37. The van der Waals surface area contributed by atoms with Gasteiger partial charge >= 0.3 is 0 Å². The Labute approximate surface area is 84.4 Å². The molecule has 1 unspecified atom stereocenters. The standard InChI is InChI=1S/C13H26/c1-6-9-10-13(11(4)7-2)12(5)8-3/h11H,6-10H2,1-5H3. The lowest BCUT2D eigenvalue weighted by Crippen LogP contribution is -2.01. The molecule has 0 bridgehead atoms. The number of allylic oxidation sites excluding steroid dienone is 2. The van der Waals surface area contributed by atoms with E-state index in [9.17, 15) is 0 Å². The molecule has 0 spiro atoms. The van der Waals surface area contributed by atoms with Crippen LogP contribution in [0.25, 0.3) is 0 Å². The van der Waals surface area contributed by atoms with E-state index in [1.54, 1.807) is 11.1 Å². The molecular formula is C13H26. The first-order chi connectivity index (χ1) is 6.17. The monoisotopic (exact) mass is 182 g/mol. The highest BCUT2D eigenvalue weighted by Gasteiger charge is 2.08. The lowest BCUT2D eigenvalue weighted by Gasteiger charge is -2.17. The predicted octanol–water partition coefficient (Wildman–Crippen LogP) is 4.95. The molecule has 0 aliphatic heterocycles. The second kappa shape index (κ2) is 7.17. The summed E-state index contributed by atoms with van der Waals surface area (Å²) in [5, 5.41) is 0. The molecule has 78 valence electrons. The zero-order valence-electron chi connectivity index (χ0n) is 10.1. The molecule has 0 saturated heterocycles. The summed E-state index contributed by atoms with van der Waals surface area (Å²) < 4.78 is 0. The summed E-state index contributed by atoms with van der Waals surface area (Å²) in [4.78, 5) is 0. The van der Waals surface area contributed by atoms with E-state index < -0.39 is 0 Å². The number of rotatable bonds is 6. The maximum absolute atomic E-state index is 2.37. The van der Waals surface area contributed by atoms with E-state index in [0.717, 1.165) is 5.92 Å². The van der Waals surface area contributed by atoms with E-state index in [1.807, 2.05) is 0 Å². The Morgan fingerprint density at radius 3 is 2.15 bits per heavy atom. The summed E-state index contributed by atoms with van der Waals surface area (Å²) in [6.45, 7) is 11.5. The topological polar surface area (TPSA) is 0 Å². The van der Waals surface area contributed by atoms with Crippen LogP contribution in [0.3, 0.4) is 0 Å². The van der Waals surface area contributed by atoms with Crippen LogP contribution >= 0.6 is 0 Å². The molecule has 0 amide bonds.